The van der Waals surface area contributed by atoms with E-state index in [4.69, 9.17) is 11.6 Å². The zero-order chi connectivity index (χ0) is 10.7. The Labute approximate surface area is 79.5 Å². The number of alkyl halides is 4. The van der Waals surface area contributed by atoms with Crippen LogP contribution in [0.5, 0.6) is 0 Å². The Hall–Kier alpha value is -0.0100. The zero-order valence-electron chi connectivity index (χ0n) is 6.81. The Kier molecular flexibility index (Phi) is 4.47. The van der Waals surface area contributed by atoms with Crippen LogP contribution in [-0.2, 0) is 10.0 Å². The van der Waals surface area contributed by atoms with Gasteiger partial charge in [-0.2, -0.15) is 13.2 Å². The highest BCUT2D eigenvalue weighted by atomic mass is 35.5. The molecule has 0 spiro atoms. The summed E-state index contributed by atoms with van der Waals surface area (Å²) in [5.41, 5.74) is 0. The standard InChI is InChI=1S/C5H9ClF3NO2S/c1-10(13(11,12)4-6)3-2-5(7,8)9/h2-4H2,1H3. The fourth-order valence-electron chi connectivity index (χ4n) is 0.507. The maximum atomic E-state index is 11.7. The lowest BCUT2D eigenvalue weighted by molar-refractivity contribution is -0.135. The smallest absolute Gasteiger partial charge is 0.211 e. The number of sulfonamides is 1. The highest BCUT2D eigenvalue weighted by Gasteiger charge is 2.29. The third-order valence-electron chi connectivity index (χ3n) is 1.32. The molecule has 0 rings (SSSR count). The molecule has 0 aliphatic rings. The highest BCUT2D eigenvalue weighted by molar-refractivity contribution is 7.90. The van der Waals surface area contributed by atoms with Crippen molar-refractivity contribution in [1.82, 2.24) is 4.31 Å². The molecule has 0 heterocycles. The van der Waals surface area contributed by atoms with E-state index in [1.165, 1.54) is 0 Å². The summed E-state index contributed by atoms with van der Waals surface area (Å²) in [6.07, 6.45) is -5.52. The summed E-state index contributed by atoms with van der Waals surface area (Å²) in [5.74, 6) is 0. The second-order valence-corrected chi connectivity index (χ2v) is 5.07. The first kappa shape index (κ1) is 13.0. The summed E-state index contributed by atoms with van der Waals surface area (Å²) < 4.78 is 57.2. The van der Waals surface area contributed by atoms with Crippen LogP contribution >= 0.6 is 11.6 Å². The van der Waals surface area contributed by atoms with Gasteiger partial charge < -0.3 is 0 Å². The van der Waals surface area contributed by atoms with Crippen LogP contribution in [0, 0.1) is 0 Å². The van der Waals surface area contributed by atoms with E-state index in [1.54, 1.807) is 0 Å². The molecule has 0 fully saturated rings. The summed E-state index contributed by atoms with van der Waals surface area (Å²) in [5, 5.41) is -0.707. The van der Waals surface area contributed by atoms with E-state index in [0.29, 0.717) is 4.31 Å². The van der Waals surface area contributed by atoms with Gasteiger partial charge >= 0.3 is 6.18 Å². The number of rotatable bonds is 4. The molecule has 8 heteroatoms. The van der Waals surface area contributed by atoms with Crippen molar-refractivity contribution in [3.8, 4) is 0 Å². The topological polar surface area (TPSA) is 37.4 Å². The number of hydrogen-bond donors (Lipinski definition) is 0. The van der Waals surface area contributed by atoms with Crippen LogP contribution in [0.4, 0.5) is 13.2 Å². The summed E-state index contributed by atoms with van der Waals surface area (Å²) >= 11 is 5.03. The molecule has 0 aromatic carbocycles. The lowest BCUT2D eigenvalue weighted by atomic mass is 10.4. The van der Waals surface area contributed by atoms with Gasteiger partial charge in [0.15, 0.2) is 0 Å². The Bertz CT molecular complexity index is 251. The molecular weight excluding hydrogens is 231 g/mol. The summed E-state index contributed by atoms with van der Waals surface area (Å²) in [6, 6.07) is 0. The Morgan fingerprint density at radius 2 is 1.85 bits per heavy atom. The normalized spacial score (nSPS) is 13.7. The summed E-state index contributed by atoms with van der Waals surface area (Å²) in [6.45, 7) is -0.599. The van der Waals surface area contributed by atoms with E-state index in [2.05, 4.69) is 0 Å². The van der Waals surface area contributed by atoms with Crippen molar-refractivity contribution in [3.63, 3.8) is 0 Å². The van der Waals surface area contributed by atoms with Crippen molar-refractivity contribution < 1.29 is 21.6 Å². The number of hydrogen-bond acceptors (Lipinski definition) is 2. The van der Waals surface area contributed by atoms with Crippen molar-refractivity contribution in [3.05, 3.63) is 0 Å². The van der Waals surface area contributed by atoms with Gasteiger partial charge in [-0.05, 0) is 0 Å². The molecule has 0 radical (unpaired) electrons. The van der Waals surface area contributed by atoms with Crippen LogP contribution in [0.25, 0.3) is 0 Å². The number of nitrogens with zero attached hydrogens (tertiary/aromatic N) is 1. The minimum atomic E-state index is -4.35. The van der Waals surface area contributed by atoms with Gasteiger partial charge in [-0.1, -0.05) is 0 Å². The molecule has 0 bridgehead atoms. The molecule has 0 N–H and O–H groups in total. The SMILES string of the molecule is CN(CCC(F)(F)F)S(=O)(=O)CCl. The van der Waals surface area contributed by atoms with Crippen LogP contribution in [0.3, 0.4) is 0 Å². The zero-order valence-corrected chi connectivity index (χ0v) is 8.38. The molecule has 0 unspecified atom stereocenters. The van der Waals surface area contributed by atoms with Crippen molar-refractivity contribution in [2.24, 2.45) is 0 Å². The third kappa shape index (κ3) is 5.33. The van der Waals surface area contributed by atoms with Crippen molar-refractivity contribution in [2.45, 2.75) is 12.6 Å². The van der Waals surface area contributed by atoms with Gasteiger partial charge in [0.25, 0.3) is 0 Å². The van der Waals surface area contributed by atoms with Gasteiger partial charge in [0.05, 0.1) is 6.42 Å². The Morgan fingerprint density at radius 3 is 2.15 bits per heavy atom. The maximum Gasteiger partial charge on any atom is 0.390 e. The van der Waals surface area contributed by atoms with Gasteiger partial charge in [-0.15, -0.1) is 11.6 Å². The predicted molar refractivity (Wildman–Crippen MR) is 42.9 cm³/mol. The molecule has 0 aliphatic heterocycles. The molecule has 0 aliphatic carbocycles. The van der Waals surface area contributed by atoms with E-state index in [9.17, 15) is 21.6 Å². The second-order valence-electron chi connectivity index (χ2n) is 2.41. The first-order chi connectivity index (χ1) is 5.69. The third-order valence-corrected chi connectivity index (χ3v) is 3.56. The minimum absolute atomic E-state index is 0.591. The fraction of sp³-hybridized carbons (Fsp3) is 1.00. The van der Waals surface area contributed by atoms with Crippen molar-refractivity contribution in [2.75, 3.05) is 18.8 Å². The van der Waals surface area contributed by atoms with Gasteiger partial charge in [-0.3, -0.25) is 0 Å². The predicted octanol–water partition coefficient (Wildman–Crippen LogP) is 1.40. The quantitative estimate of drug-likeness (QED) is 0.696. The molecule has 3 nitrogen and oxygen atoms in total. The Morgan fingerprint density at radius 1 is 1.38 bits per heavy atom. The second kappa shape index (κ2) is 4.47. The molecule has 0 amide bonds. The highest BCUT2D eigenvalue weighted by Crippen LogP contribution is 2.20. The van der Waals surface area contributed by atoms with Crippen LogP contribution in [0.1, 0.15) is 6.42 Å². The largest absolute Gasteiger partial charge is 0.390 e. The van der Waals surface area contributed by atoms with Gasteiger partial charge in [-0.25, -0.2) is 12.7 Å². The summed E-state index contributed by atoms with van der Waals surface area (Å²) in [4.78, 5) is 0. The summed E-state index contributed by atoms with van der Waals surface area (Å²) in [7, 11) is -2.66. The lowest BCUT2D eigenvalue weighted by Crippen LogP contribution is -2.31. The monoisotopic (exact) mass is 239 g/mol. The molecule has 80 valence electrons. The van der Waals surface area contributed by atoms with E-state index in [0.717, 1.165) is 7.05 Å². The van der Waals surface area contributed by atoms with Gasteiger partial charge in [0.1, 0.15) is 5.21 Å². The molecule has 0 atom stereocenters. The van der Waals surface area contributed by atoms with Crippen LogP contribution in [-0.4, -0.2) is 37.7 Å². The van der Waals surface area contributed by atoms with Gasteiger partial charge in [0.2, 0.25) is 10.0 Å². The average molecular weight is 240 g/mol. The minimum Gasteiger partial charge on any atom is -0.211 e. The molecule has 0 aromatic heterocycles. The fourth-order valence-corrected chi connectivity index (χ4v) is 1.54. The first-order valence-electron chi connectivity index (χ1n) is 3.26. The Balaban J connectivity index is 4.11. The lowest BCUT2D eigenvalue weighted by Gasteiger charge is -2.15. The van der Waals surface area contributed by atoms with E-state index in [-0.39, 0.29) is 0 Å². The van der Waals surface area contributed by atoms with Crippen molar-refractivity contribution in [1.29, 1.82) is 0 Å². The van der Waals surface area contributed by atoms with Crippen LogP contribution < -0.4 is 0 Å². The molecule has 0 aromatic rings. The molecule has 0 saturated heterocycles. The molecular formula is C5H9ClF3NO2S. The van der Waals surface area contributed by atoms with E-state index >= 15 is 0 Å². The van der Waals surface area contributed by atoms with Gasteiger partial charge in [0, 0.05) is 13.6 Å². The number of halogens is 4. The molecule has 13 heavy (non-hydrogen) atoms. The average Bonchev–Trinajstić information content (AvgIpc) is 1.98. The first-order valence-corrected chi connectivity index (χ1v) is 5.40. The molecule has 0 saturated carbocycles. The van der Waals surface area contributed by atoms with E-state index in [1.807, 2.05) is 0 Å². The van der Waals surface area contributed by atoms with Crippen LogP contribution in [0.15, 0.2) is 0 Å². The van der Waals surface area contributed by atoms with Crippen LogP contribution in [0.2, 0.25) is 0 Å². The maximum absolute atomic E-state index is 11.7. The van der Waals surface area contributed by atoms with Crippen molar-refractivity contribution >= 4 is 21.6 Å². The van der Waals surface area contributed by atoms with E-state index < -0.39 is 34.4 Å².